The zero-order valence-electron chi connectivity index (χ0n) is 26.2. The molecule has 2 rings (SSSR count). The van der Waals surface area contributed by atoms with Crippen LogP contribution in [-0.4, -0.2) is 75.7 Å². The van der Waals surface area contributed by atoms with Crippen LogP contribution < -0.4 is 20.4 Å². The zero-order valence-corrected chi connectivity index (χ0v) is 28.1. The molecule has 0 aliphatic heterocycles. The molecule has 0 spiro atoms. The van der Waals surface area contributed by atoms with Crippen molar-refractivity contribution in [1.29, 1.82) is 0 Å². The standard InChI is InChI=1S/2C12H15NO.2C4H10NO.2Cu/c2*1-10(8-11(2)14)13-9-12-6-4-3-5-7-12;2*1-5(2)3-4-6;;/h2*3-8,14H,9H2,1-2H3;2*3-4H2,1-2H3;;/q;;2*-1;2*+2/p-2/b2*11-8-,13-10?;;;;. The van der Waals surface area contributed by atoms with Crippen LogP contribution in [0.25, 0.3) is 0 Å². The normalized spacial score (nSPS) is 11.5. The number of hydrogen-bond donors (Lipinski definition) is 0. The fourth-order valence-electron chi connectivity index (χ4n) is 2.64. The SMILES string of the molecule is CC(/C=C(/C)[O-])=NCc1ccccc1.CC(/C=C(/C)[O-])=NCc1ccccc1.CN(C)CC[O-].CN(C)CC[O-].[Cu+2].[Cu+2]. The maximum Gasteiger partial charge on any atom is 2.00 e. The van der Waals surface area contributed by atoms with E-state index >= 15 is 0 Å². The predicted molar refractivity (Wildman–Crippen MR) is 161 cm³/mol. The Morgan fingerprint density at radius 1 is 0.595 bits per heavy atom. The van der Waals surface area contributed by atoms with Gasteiger partial charge in [0.25, 0.3) is 0 Å². The topological polar surface area (TPSA) is 123 Å². The van der Waals surface area contributed by atoms with Crippen LogP contribution in [0.1, 0.15) is 38.8 Å². The summed E-state index contributed by atoms with van der Waals surface area (Å²) in [6, 6.07) is 19.9. The third kappa shape index (κ3) is 35.8. The van der Waals surface area contributed by atoms with E-state index in [0.29, 0.717) is 26.2 Å². The second kappa shape index (κ2) is 31.7. The van der Waals surface area contributed by atoms with Crippen molar-refractivity contribution in [2.75, 3.05) is 54.5 Å². The largest absolute Gasteiger partial charge is 2.00 e. The number of allylic oxidation sites excluding steroid dienone is 4. The van der Waals surface area contributed by atoms with Gasteiger partial charge >= 0.3 is 34.1 Å². The second-order valence-corrected chi connectivity index (χ2v) is 9.41. The second-order valence-electron chi connectivity index (χ2n) is 9.41. The number of rotatable bonds is 10. The van der Waals surface area contributed by atoms with Gasteiger partial charge in [0.1, 0.15) is 0 Å². The molecule has 8 nitrogen and oxygen atoms in total. The minimum absolute atomic E-state index is 0. The summed E-state index contributed by atoms with van der Waals surface area (Å²) < 4.78 is 0. The Balaban J connectivity index is -0.000000243. The summed E-state index contributed by atoms with van der Waals surface area (Å²) >= 11 is 0. The Bertz CT molecular complexity index is 909. The fourth-order valence-corrected chi connectivity index (χ4v) is 2.64. The average molecular weight is 680 g/mol. The van der Waals surface area contributed by atoms with Gasteiger partial charge in [0.2, 0.25) is 0 Å². The van der Waals surface area contributed by atoms with E-state index in [1.807, 2.05) is 113 Å². The molecule has 242 valence electrons. The molecule has 0 N–H and O–H groups in total. The molecular weight excluding hydrogens is 631 g/mol. The zero-order chi connectivity index (χ0) is 30.8. The van der Waals surface area contributed by atoms with E-state index in [9.17, 15) is 20.4 Å². The smallest absolute Gasteiger partial charge is 0.876 e. The molecule has 0 fully saturated rings. The van der Waals surface area contributed by atoms with Crippen LogP contribution in [0.5, 0.6) is 0 Å². The van der Waals surface area contributed by atoms with Crippen molar-refractivity contribution in [3.05, 3.63) is 95.5 Å². The van der Waals surface area contributed by atoms with Crippen molar-refractivity contribution in [2.45, 2.75) is 40.8 Å². The van der Waals surface area contributed by atoms with Gasteiger partial charge in [-0.15, -0.1) is 24.7 Å². The van der Waals surface area contributed by atoms with E-state index in [-0.39, 0.29) is 58.9 Å². The maximum absolute atomic E-state index is 10.7. The molecule has 0 heterocycles. The first kappa shape index (κ1) is 46.7. The van der Waals surface area contributed by atoms with Crippen LogP contribution in [0.2, 0.25) is 0 Å². The van der Waals surface area contributed by atoms with Crippen molar-refractivity contribution >= 4 is 11.4 Å². The van der Waals surface area contributed by atoms with Crippen molar-refractivity contribution in [3.8, 4) is 0 Å². The molecule has 2 radical (unpaired) electrons. The number of aliphatic imine (C=N–C) groups is 2. The van der Waals surface area contributed by atoms with Crippen LogP contribution in [0.4, 0.5) is 0 Å². The minimum Gasteiger partial charge on any atom is -0.876 e. The van der Waals surface area contributed by atoms with Crippen LogP contribution in [0.15, 0.2) is 94.3 Å². The Hall–Kier alpha value is -2.26. The van der Waals surface area contributed by atoms with E-state index in [2.05, 4.69) is 9.98 Å². The van der Waals surface area contributed by atoms with Crippen LogP contribution in [0, 0.1) is 0 Å². The van der Waals surface area contributed by atoms with Gasteiger partial charge in [-0.05, 0) is 66.3 Å². The Labute approximate surface area is 275 Å². The number of hydrogen-bond acceptors (Lipinski definition) is 8. The third-order valence-electron chi connectivity index (χ3n) is 4.61. The third-order valence-corrected chi connectivity index (χ3v) is 4.61. The first-order valence-electron chi connectivity index (χ1n) is 13.2. The van der Waals surface area contributed by atoms with E-state index in [1.165, 1.54) is 13.8 Å². The van der Waals surface area contributed by atoms with Gasteiger partial charge in [-0.1, -0.05) is 86.7 Å². The summed E-state index contributed by atoms with van der Waals surface area (Å²) in [5.74, 6) is 0.0821. The summed E-state index contributed by atoms with van der Waals surface area (Å²) in [7, 11) is 7.55. The predicted octanol–water partition coefficient (Wildman–Crippen LogP) is 1.63. The quantitative estimate of drug-likeness (QED) is 0.214. The first-order chi connectivity index (χ1) is 18.9. The summed E-state index contributed by atoms with van der Waals surface area (Å²) in [6.45, 7) is 9.32. The van der Waals surface area contributed by atoms with E-state index in [1.54, 1.807) is 12.2 Å². The molecule has 0 atom stereocenters. The van der Waals surface area contributed by atoms with Gasteiger partial charge in [-0.3, -0.25) is 9.98 Å². The number of nitrogens with zero attached hydrogens (tertiary/aromatic N) is 4. The molecule has 0 aliphatic rings. The molecule has 0 bridgehead atoms. The van der Waals surface area contributed by atoms with Crippen molar-refractivity contribution in [1.82, 2.24) is 9.80 Å². The number of likely N-dealkylation sites (N-methyl/N-ethyl adjacent to an activating group) is 2. The van der Waals surface area contributed by atoms with Gasteiger partial charge in [0.05, 0.1) is 13.1 Å². The maximum atomic E-state index is 10.7. The summed E-state index contributed by atoms with van der Waals surface area (Å²) in [5.41, 5.74) is 3.87. The van der Waals surface area contributed by atoms with Crippen LogP contribution in [0.3, 0.4) is 0 Å². The minimum atomic E-state index is 0. The molecule has 2 aromatic rings. The van der Waals surface area contributed by atoms with E-state index < -0.39 is 0 Å². The molecular formula is C32H48Cu2N4O4. The fraction of sp³-hybridized carbons (Fsp3) is 0.438. The molecule has 0 amide bonds. The Morgan fingerprint density at radius 2 is 0.881 bits per heavy atom. The molecule has 10 heteroatoms. The molecule has 2 aromatic carbocycles. The molecule has 0 aromatic heterocycles. The van der Waals surface area contributed by atoms with Gasteiger partial charge < -0.3 is 30.2 Å². The van der Waals surface area contributed by atoms with E-state index in [4.69, 9.17) is 0 Å². The van der Waals surface area contributed by atoms with Gasteiger partial charge in [-0.25, -0.2) is 0 Å². The van der Waals surface area contributed by atoms with Crippen molar-refractivity contribution in [3.63, 3.8) is 0 Å². The van der Waals surface area contributed by atoms with Gasteiger partial charge in [-0.2, -0.15) is 0 Å². The van der Waals surface area contributed by atoms with Crippen molar-refractivity contribution in [2.24, 2.45) is 9.98 Å². The molecule has 0 saturated carbocycles. The van der Waals surface area contributed by atoms with Gasteiger partial charge in [0, 0.05) is 11.4 Å². The van der Waals surface area contributed by atoms with Crippen molar-refractivity contribution < 1.29 is 54.6 Å². The summed E-state index contributed by atoms with van der Waals surface area (Å²) in [5, 5.41) is 40.9. The Morgan fingerprint density at radius 3 is 1.07 bits per heavy atom. The molecule has 0 aliphatic carbocycles. The molecule has 42 heavy (non-hydrogen) atoms. The Kier molecular flexibility index (Phi) is 35.2. The monoisotopic (exact) mass is 678 g/mol. The van der Waals surface area contributed by atoms with Crippen LogP contribution in [-0.2, 0) is 47.2 Å². The van der Waals surface area contributed by atoms with Crippen LogP contribution >= 0.6 is 0 Å². The number of benzene rings is 2. The average Bonchev–Trinajstić information content (AvgIpc) is 2.88. The molecule has 0 saturated heterocycles. The van der Waals surface area contributed by atoms with E-state index in [0.717, 1.165) is 22.6 Å². The van der Waals surface area contributed by atoms with Gasteiger partial charge in [0.15, 0.2) is 0 Å². The first-order valence-corrected chi connectivity index (χ1v) is 13.2. The molecule has 0 unspecified atom stereocenters. The summed E-state index contributed by atoms with van der Waals surface area (Å²) in [4.78, 5) is 12.3. The summed E-state index contributed by atoms with van der Waals surface area (Å²) in [6.07, 6.45) is 3.09.